The predicted octanol–water partition coefficient (Wildman–Crippen LogP) is 2.22. The van der Waals surface area contributed by atoms with Crippen LogP contribution in [0.3, 0.4) is 0 Å². The summed E-state index contributed by atoms with van der Waals surface area (Å²) in [6.07, 6.45) is 1.91. The maximum Gasteiger partial charge on any atom is 0.223 e. The summed E-state index contributed by atoms with van der Waals surface area (Å²) in [6.45, 7) is 2.18. The van der Waals surface area contributed by atoms with Crippen molar-refractivity contribution >= 4 is 17.4 Å². The minimum absolute atomic E-state index is 0.162. The molecule has 0 aliphatic rings. The number of halogens is 2. The van der Waals surface area contributed by atoms with E-state index in [9.17, 15) is 4.39 Å². The van der Waals surface area contributed by atoms with E-state index in [-0.39, 0.29) is 10.8 Å². The van der Waals surface area contributed by atoms with Crippen molar-refractivity contribution in [3.05, 3.63) is 34.8 Å². The first kappa shape index (κ1) is 11.8. The van der Waals surface area contributed by atoms with Crippen molar-refractivity contribution in [1.29, 1.82) is 0 Å². The van der Waals surface area contributed by atoms with Crippen LogP contribution in [0.15, 0.2) is 16.8 Å². The van der Waals surface area contributed by atoms with Gasteiger partial charge in [0, 0.05) is 26.1 Å². The van der Waals surface area contributed by atoms with Gasteiger partial charge in [-0.2, -0.15) is 4.98 Å². The highest BCUT2D eigenvalue weighted by atomic mass is 35.5. The maximum atomic E-state index is 13.3. The molecule has 0 aliphatic carbocycles. The number of nitrogens with zero attached hydrogens (tertiary/aromatic N) is 3. The smallest absolute Gasteiger partial charge is 0.223 e. The summed E-state index contributed by atoms with van der Waals surface area (Å²) in [5.74, 6) is 0.761. The Morgan fingerprint density at radius 3 is 3.00 bits per heavy atom. The summed E-state index contributed by atoms with van der Waals surface area (Å²) in [4.78, 5) is 7.86. The Kier molecular flexibility index (Phi) is 3.53. The molecule has 0 spiro atoms. The molecule has 0 fully saturated rings. The third-order valence-corrected chi connectivity index (χ3v) is 2.23. The second kappa shape index (κ2) is 5.09. The lowest BCUT2D eigenvalue weighted by molar-refractivity contribution is 0.387. The van der Waals surface area contributed by atoms with Gasteiger partial charge in [0.05, 0.1) is 5.02 Å². The van der Waals surface area contributed by atoms with E-state index in [0.717, 1.165) is 0 Å². The monoisotopic (exact) mass is 256 g/mol. The second-order valence-electron chi connectivity index (χ2n) is 3.39. The van der Waals surface area contributed by atoms with E-state index in [2.05, 4.69) is 20.4 Å². The van der Waals surface area contributed by atoms with E-state index in [4.69, 9.17) is 16.1 Å². The summed E-state index contributed by atoms with van der Waals surface area (Å²) in [5.41, 5.74) is 0. The Morgan fingerprint density at radius 1 is 1.53 bits per heavy atom. The van der Waals surface area contributed by atoms with Gasteiger partial charge in [-0.15, -0.1) is 0 Å². The Bertz CT molecular complexity index is 517. The van der Waals surface area contributed by atoms with Crippen LogP contribution >= 0.6 is 11.6 Å². The van der Waals surface area contributed by atoms with Crippen LogP contribution in [-0.4, -0.2) is 21.7 Å². The number of nitrogens with one attached hydrogen (secondary N) is 1. The number of hydrogen-bond acceptors (Lipinski definition) is 5. The van der Waals surface area contributed by atoms with Crippen molar-refractivity contribution in [2.75, 3.05) is 11.9 Å². The fourth-order valence-electron chi connectivity index (χ4n) is 1.28. The van der Waals surface area contributed by atoms with Crippen LogP contribution in [0.2, 0.25) is 5.02 Å². The quantitative estimate of drug-likeness (QED) is 0.909. The molecule has 0 bridgehead atoms. The number of rotatable bonds is 4. The van der Waals surface area contributed by atoms with Gasteiger partial charge in [0.15, 0.2) is 17.5 Å². The normalized spacial score (nSPS) is 10.5. The van der Waals surface area contributed by atoms with Crippen molar-refractivity contribution in [2.24, 2.45) is 0 Å². The van der Waals surface area contributed by atoms with Crippen LogP contribution < -0.4 is 5.32 Å². The second-order valence-corrected chi connectivity index (χ2v) is 3.83. The van der Waals surface area contributed by atoms with Gasteiger partial charge in [-0.3, -0.25) is 0 Å². The van der Waals surface area contributed by atoms with Gasteiger partial charge in [0.1, 0.15) is 0 Å². The van der Waals surface area contributed by atoms with E-state index in [0.29, 0.717) is 24.7 Å². The molecule has 0 saturated heterocycles. The SMILES string of the molecule is Cc1nc(CCNc2ncc(Cl)cc2F)no1. The van der Waals surface area contributed by atoms with Crippen LogP contribution in [0.1, 0.15) is 11.7 Å². The summed E-state index contributed by atoms with van der Waals surface area (Å²) in [7, 11) is 0. The zero-order chi connectivity index (χ0) is 12.3. The molecule has 2 aromatic heterocycles. The molecule has 90 valence electrons. The largest absolute Gasteiger partial charge is 0.367 e. The van der Waals surface area contributed by atoms with Gasteiger partial charge in [-0.05, 0) is 6.07 Å². The number of aryl methyl sites for hydroxylation is 1. The molecule has 0 aliphatic heterocycles. The van der Waals surface area contributed by atoms with Gasteiger partial charge >= 0.3 is 0 Å². The molecule has 17 heavy (non-hydrogen) atoms. The van der Waals surface area contributed by atoms with Gasteiger partial charge in [-0.1, -0.05) is 16.8 Å². The van der Waals surface area contributed by atoms with Crippen molar-refractivity contribution in [1.82, 2.24) is 15.1 Å². The van der Waals surface area contributed by atoms with Gasteiger partial charge < -0.3 is 9.84 Å². The van der Waals surface area contributed by atoms with E-state index in [1.54, 1.807) is 6.92 Å². The van der Waals surface area contributed by atoms with Crippen molar-refractivity contribution in [3.8, 4) is 0 Å². The minimum atomic E-state index is -0.484. The molecular weight excluding hydrogens is 247 g/mol. The molecule has 0 amide bonds. The predicted molar refractivity (Wildman–Crippen MR) is 60.4 cm³/mol. The maximum absolute atomic E-state index is 13.3. The highest BCUT2D eigenvalue weighted by Crippen LogP contribution is 2.15. The standard InChI is InChI=1S/C10H10ClFN4O/c1-6-15-9(16-17-6)2-3-13-10-8(12)4-7(11)5-14-10/h4-5H,2-3H2,1H3,(H,13,14). The molecule has 0 radical (unpaired) electrons. The molecule has 2 aromatic rings. The topological polar surface area (TPSA) is 63.8 Å². The average Bonchev–Trinajstić information content (AvgIpc) is 2.68. The third-order valence-electron chi connectivity index (χ3n) is 2.02. The minimum Gasteiger partial charge on any atom is -0.367 e. The Balaban J connectivity index is 1.90. The highest BCUT2D eigenvalue weighted by molar-refractivity contribution is 6.30. The van der Waals surface area contributed by atoms with E-state index in [1.165, 1.54) is 12.3 Å². The molecule has 0 aromatic carbocycles. The van der Waals surface area contributed by atoms with Crippen molar-refractivity contribution < 1.29 is 8.91 Å². The van der Waals surface area contributed by atoms with E-state index < -0.39 is 5.82 Å². The molecule has 2 heterocycles. The van der Waals surface area contributed by atoms with Gasteiger partial charge in [0.25, 0.3) is 0 Å². The first-order valence-corrected chi connectivity index (χ1v) is 5.37. The molecule has 2 rings (SSSR count). The fourth-order valence-corrected chi connectivity index (χ4v) is 1.42. The molecule has 0 atom stereocenters. The van der Waals surface area contributed by atoms with Crippen molar-refractivity contribution in [2.45, 2.75) is 13.3 Å². The van der Waals surface area contributed by atoms with Crippen molar-refractivity contribution in [3.63, 3.8) is 0 Å². The van der Waals surface area contributed by atoms with E-state index in [1.807, 2.05) is 0 Å². The Morgan fingerprint density at radius 2 is 2.35 bits per heavy atom. The van der Waals surface area contributed by atoms with Crippen LogP contribution in [0, 0.1) is 12.7 Å². The molecule has 1 N–H and O–H groups in total. The third kappa shape index (κ3) is 3.13. The van der Waals surface area contributed by atoms with Crippen LogP contribution in [0.4, 0.5) is 10.2 Å². The summed E-state index contributed by atoms with van der Waals surface area (Å²) >= 11 is 5.59. The number of anilines is 1. The van der Waals surface area contributed by atoms with Gasteiger partial charge in [-0.25, -0.2) is 9.37 Å². The first-order valence-electron chi connectivity index (χ1n) is 4.99. The van der Waals surface area contributed by atoms with Crippen LogP contribution in [0.25, 0.3) is 0 Å². The lowest BCUT2D eigenvalue weighted by atomic mass is 10.4. The Hall–Kier alpha value is -1.69. The number of aromatic nitrogens is 3. The number of pyridine rings is 1. The fraction of sp³-hybridized carbons (Fsp3) is 0.300. The van der Waals surface area contributed by atoms with Crippen LogP contribution in [0.5, 0.6) is 0 Å². The lowest BCUT2D eigenvalue weighted by Gasteiger charge is -2.04. The molecule has 0 unspecified atom stereocenters. The molecule has 7 heteroatoms. The molecular formula is C10H10ClFN4O. The zero-order valence-corrected chi connectivity index (χ0v) is 9.83. The highest BCUT2D eigenvalue weighted by Gasteiger charge is 2.05. The van der Waals surface area contributed by atoms with E-state index >= 15 is 0 Å². The lowest BCUT2D eigenvalue weighted by Crippen LogP contribution is -2.08. The zero-order valence-electron chi connectivity index (χ0n) is 9.07. The Labute approximate surface area is 102 Å². The summed E-state index contributed by atoms with van der Waals surface area (Å²) < 4.78 is 18.1. The summed E-state index contributed by atoms with van der Waals surface area (Å²) in [6, 6.07) is 1.20. The number of hydrogen-bond donors (Lipinski definition) is 1. The first-order chi connectivity index (χ1) is 8.15. The summed E-state index contributed by atoms with van der Waals surface area (Å²) in [5, 5.41) is 6.82. The van der Waals surface area contributed by atoms with Gasteiger partial charge in [0.2, 0.25) is 5.89 Å². The average molecular weight is 257 g/mol. The van der Waals surface area contributed by atoms with Crippen LogP contribution in [-0.2, 0) is 6.42 Å². The molecule has 0 saturated carbocycles. The molecule has 5 nitrogen and oxygen atoms in total.